The normalized spacial score (nSPS) is 14.2. The lowest BCUT2D eigenvalue weighted by molar-refractivity contribution is 0.00341. The SMILES string of the molecule is CC(C)CCS(=O)(=O)C(=[N+]=[N-])S(=O)(=O)CCC(C)C.CCCC(C)S(=O)(=O)C(=[N+]=[N-])S(=O)(=O)C(C)CCC. The number of hydrogen-bond acceptors (Lipinski definition) is 8. The highest BCUT2D eigenvalue weighted by atomic mass is 32.3. The number of rotatable bonds is 12. The molecule has 0 aromatic rings. The Morgan fingerprint density at radius 1 is 0.553 bits per heavy atom. The van der Waals surface area contributed by atoms with Gasteiger partial charge in [0, 0.05) is 0 Å². The zero-order valence-corrected chi connectivity index (χ0v) is 26.9. The molecule has 0 aromatic heterocycles. The maximum Gasteiger partial charge on any atom is 0.495 e. The van der Waals surface area contributed by atoms with E-state index in [-0.39, 0.29) is 23.3 Å². The Hall–Kier alpha value is -1.44. The molecular formula is C22H44N4O8S4. The van der Waals surface area contributed by atoms with Gasteiger partial charge in [-0.05, 0) is 51.4 Å². The second-order valence-electron chi connectivity index (χ2n) is 10.0. The molecule has 0 N–H and O–H groups in total. The maximum atomic E-state index is 12.1. The molecule has 0 saturated carbocycles. The van der Waals surface area contributed by atoms with Crippen molar-refractivity contribution in [2.45, 2.75) is 104 Å². The third-order valence-corrected chi connectivity index (χ3v) is 15.0. The Morgan fingerprint density at radius 2 is 0.842 bits per heavy atom. The summed E-state index contributed by atoms with van der Waals surface area (Å²) in [5.41, 5.74) is 17.6. The standard InChI is InChI=1S/2C11H22N2O4S2/c1-9(2)5-7-18(14,15)11(13-12)19(16,17)8-6-10(3)4;1-5-7-9(3)18(14,15)11(13-12)19(16,17)10(4)8-6-2/h2*9-10H,5-8H2,1-4H3. The average Bonchev–Trinajstić information content (AvgIpc) is 2.77. The van der Waals surface area contributed by atoms with Gasteiger partial charge < -0.3 is 11.1 Å². The second-order valence-corrected chi connectivity index (χ2v) is 19.2. The van der Waals surface area contributed by atoms with E-state index >= 15 is 0 Å². The molecule has 0 amide bonds. The lowest BCUT2D eigenvalue weighted by atomic mass is 10.2. The molecule has 0 heterocycles. The summed E-state index contributed by atoms with van der Waals surface area (Å²) in [6.45, 7) is 13.8. The summed E-state index contributed by atoms with van der Waals surface area (Å²) >= 11 is 0. The third-order valence-electron chi connectivity index (χ3n) is 5.56. The fraction of sp³-hybridized carbons (Fsp3) is 0.909. The fourth-order valence-corrected chi connectivity index (χ4v) is 11.5. The fourth-order valence-electron chi connectivity index (χ4n) is 3.02. The summed E-state index contributed by atoms with van der Waals surface area (Å²) in [6.07, 6.45) is 2.48. The van der Waals surface area contributed by atoms with E-state index in [0.29, 0.717) is 38.5 Å². The van der Waals surface area contributed by atoms with Gasteiger partial charge in [0.2, 0.25) is 0 Å². The predicted octanol–water partition coefficient (Wildman–Crippen LogP) is 3.27. The molecule has 12 nitrogen and oxygen atoms in total. The second kappa shape index (κ2) is 16.6. The molecule has 0 fully saturated rings. The van der Waals surface area contributed by atoms with E-state index < -0.39 is 58.6 Å². The van der Waals surface area contributed by atoms with Crippen molar-refractivity contribution in [3.05, 3.63) is 11.1 Å². The van der Waals surface area contributed by atoms with Gasteiger partial charge in [-0.15, -0.1) is 9.58 Å². The summed E-state index contributed by atoms with van der Waals surface area (Å²) < 4.78 is 93.9. The van der Waals surface area contributed by atoms with Crippen LogP contribution in [0.1, 0.15) is 93.9 Å². The molecular weight excluding hydrogens is 577 g/mol. The molecule has 0 radical (unpaired) electrons. The summed E-state index contributed by atoms with van der Waals surface area (Å²) in [5.74, 6) is -0.420. The molecule has 0 aliphatic carbocycles. The van der Waals surface area contributed by atoms with Gasteiger partial charge in [-0.3, -0.25) is 0 Å². The van der Waals surface area contributed by atoms with Crippen LogP contribution < -0.4 is 0 Å². The monoisotopic (exact) mass is 620 g/mol. The van der Waals surface area contributed by atoms with Crippen LogP contribution in [0.25, 0.3) is 11.1 Å². The van der Waals surface area contributed by atoms with Gasteiger partial charge in [0.15, 0.2) is 0 Å². The van der Waals surface area contributed by atoms with Gasteiger partial charge in [0.25, 0.3) is 39.3 Å². The van der Waals surface area contributed by atoms with Crippen molar-refractivity contribution in [2.75, 3.05) is 11.5 Å². The molecule has 0 aliphatic rings. The van der Waals surface area contributed by atoms with Crippen LogP contribution in [0.2, 0.25) is 0 Å². The van der Waals surface area contributed by atoms with Crippen LogP contribution in [0.5, 0.6) is 0 Å². The molecule has 2 atom stereocenters. The van der Waals surface area contributed by atoms with Crippen molar-refractivity contribution >= 4 is 48.1 Å². The molecule has 0 aliphatic heterocycles. The minimum Gasteiger partial charge on any atom is -0.359 e. The van der Waals surface area contributed by atoms with E-state index in [1.807, 2.05) is 27.7 Å². The van der Waals surface area contributed by atoms with Crippen molar-refractivity contribution in [3.8, 4) is 0 Å². The van der Waals surface area contributed by atoms with E-state index in [9.17, 15) is 33.7 Å². The zero-order chi connectivity index (χ0) is 30.5. The van der Waals surface area contributed by atoms with Gasteiger partial charge in [0.05, 0.1) is 22.0 Å². The topological polar surface area (TPSA) is 209 Å². The van der Waals surface area contributed by atoms with Crippen LogP contribution in [0.15, 0.2) is 0 Å². The van der Waals surface area contributed by atoms with Crippen molar-refractivity contribution < 1.29 is 43.3 Å². The van der Waals surface area contributed by atoms with E-state index in [4.69, 9.17) is 11.1 Å². The summed E-state index contributed by atoms with van der Waals surface area (Å²) in [6, 6.07) is 0. The highest BCUT2D eigenvalue weighted by Gasteiger charge is 2.47. The van der Waals surface area contributed by atoms with E-state index in [0.717, 1.165) is 0 Å². The van der Waals surface area contributed by atoms with Crippen LogP contribution >= 0.6 is 0 Å². The smallest absolute Gasteiger partial charge is 0.359 e. The molecule has 0 aromatic carbocycles. The number of hydrogen-bond donors (Lipinski definition) is 0. The highest BCUT2D eigenvalue weighted by Crippen LogP contribution is 2.18. The molecule has 0 spiro atoms. The van der Waals surface area contributed by atoms with Crippen LogP contribution in [0, 0.1) is 11.8 Å². The molecule has 0 bridgehead atoms. The number of nitrogens with zero attached hydrogens (tertiary/aromatic N) is 4. The van der Waals surface area contributed by atoms with E-state index in [1.54, 1.807) is 13.8 Å². The lowest BCUT2D eigenvalue weighted by Crippen LogP contribution is -2.37. The Labute approximate surface area is 229 Å². The lowest BCUT2D eigenvalue weighted by Gasteiger charge is -2.11. The molecule has 38 heavy (non-hydrogen) atoms. The van der Waals surface area contributed by atoms with Crippen molar-refractivity contribution in [1.29, 1.82) is 0 Å². The van der Waals surface area contributed by atoms with E-state index in [1.165, 1.54) is 13.8 Å². The van der Waals surface area contributed by atoms with E-state index in [2.05, 4.69) is 9.58 Å². The Balaban J connectivity index is 0. The van der Waals surface area contributed by atoms with Crippen LogP contribution in [-0.2, 0) is 39.3 Å². The minimum absolute atomic E-state index is 0.119. The number of sulfone groups is 4. The first kappa shape index (κ1) is 38.7. The third kappa shape index (κ3) is 12.2. The average molecular weight is 621 g/mol. The van der Waals surface area contributed by atoms with Gasteiger partial charge in [-0.2, -0.15) is 0 Å². The molecule has 224 valence electrons. The summed E-state index contributed by atoms with van der Waals surface area (Å²) in [4.78, 5) is 5.11. The largest absolute Gasteiger partial charge is 0.495 e. The van der Waals surface area contributed by atoms with Gasteiger partial charge >= 0.3 is 8.75 Å². The zero-order valence-electron chi connectivity index (χ0n) is 23.7. The van der Waals surface area contributed by atoms with Crippen molar-refractivity contribution in [1.82, 2.24) is 0 Å². The van der Waals surface area contributed by atoms with Gasteiger partial charge in [-0.1, -0.05) is 54.4 Å². The Morgan fingerprint density at radius 3 is 1.05 bits per heavy atom. The van der Waals surface area contributed by atoms with Crippen molar-refractivity contribution in [3.63, 3.8) is 0 Å². The first-order valence-corrected chi connectivity index (χ1v) is 19.0. The van der Waals surface area contributed by atoms with Crippen molar-refractivity contribution in [2.24, 2.45) is 11.8 Å². The maximum absolute atomic E-state index is 12.1. The van der Waals surface area contributed by atoms with Crippen LogP contribution in [0.3, 0.4) is 0 Å². The van der Waals surface area contributed by atoms with Gasteiger partial charge in [-0.25, -0.2) is 33.7 Å². The highest BCUT2D eigenvalue weighted by molar-refractivity contribution is 8.31. The first-order valence-electron chi connectivity index (χ1n) is 12.6. The quantitative estimate of drug-likeness (QED) is 0.136. The molecule has 2 unspecified atom stereocenters. The molecule has 16 heteroatoms. The minimum atomic E-state index is -4.12. The van der Waals surface area contributed by atoms with Crippen LogP contribution in [-0.4, -0.2) is 74.0 Å². The summed E-state index contributed by atoms with van der Waals surface area (Å²) in [7, 11) is -16.4. The summed E-state index contributed by atoms with van der Waals surface area (Å²) in [5, 5.41) is -1.76. The Kier molecular flexibility index (Phi) is 16.9. The molecule has 0 rings (SSSR count). The first-order chi connectivity index (χ1) is 17.2. The van der Waals surface area contributed by atoms with Crippen LogP contribution in [0.4, 0.5) is 0 Å². The molecule has 0 saturated heterocycles. The Bertz CT molecular complexity index is 1200. The predicted molar refractivity (Wildman–Crippen MR) is 150 cm³/mol. The van der Waals surface area contributed by atoms with Gasteiger partial charge in [0.1, 0.15) is 0 Å².